The summed E-state index contributed by atoms with van der Waals surface area (Å²) in [6, 6.07) is 24.8. The summed E-state index contributed by atoms with van der Waals surface area (Å²) in [5.41, 5.74) is 0.348. The maximum atomic E-state index is 13.7. The zero-order valence-electron chi connectivity index (χ0n) is 27.7. The molecule has 14 heteroatoms. The third-order valence-electron chi connectivity index (χ3n) is 8.94. The summed E-state index contributed by atoms with van der Waals surface area (Å²) in [7, 11) is 3.19. The van der Waals surface area contributed by atoms with E-state index in [1.165, 1.54) is 27.7 Å². The van der Waals surface area contributed by atoms with Crippen LogP contribution >= 0.6 is 0 Å². The molecule has 6 rings (SSSR count). The summed E-state index contributed by atoms with van der Waals surface area (Å²) in [5.74, 6) is 0.952. The SMILES string of the molecule is COc1ccc(C(OC[C@H]2O[C@@H](n3cc(C)c(=O)n(CCn4ccnc4[N+](=O)[O-])c3=O)C[C@@H]2O)(c2ccccc2)c2ccc(OC)cc2)cc1. The molecule has 1 aliphatic heterocycles. The lowest BCUT2D eigenvalue weighted by Crippen LogP contribution is -2.43. The van der Waals surface area contributed by atoms with Crippen LogP contribution in [-0.4, -0.2) is 61.7 Å². The van der Waals surface area contributed by atoms with Gasteiger partial charge >= 0.3 is 11.6 Å². The molecule has 0 unspecified atom stereocenters. The van der Waals surface area contributed by atoms with Crippen LogP contribution in [0.3, 0.4) is 0 Å². The van der Waals surface area contributed by atoms with Crippen molar-refractivity contribution in [3.8, 4) is 11.5 Å². The van der Waals surface area contributed by atoms with Crippen molar-refractivity contribution in [3.05, 3.63) is 151 Å². The third-order valence-corrected chi connectivity index (χ3v) is 8.94. The molecule has 2 aromatic heterocycles. The molecule has 0 spiro atoms. The number of ether oxygens (including phenoxy) is 4. The maximum Gasteiger partial charge on any atom is 0.434 e. The van der Waals surface area contributed by atoms with Gasteiger partial charge in [0.2, 0.25) is 0 Å². The quantitative estimate of drug-likeness (QED) is 0.110. The average molecular weight is 684 g/mol. The van der Waals surface area contributed by atoms with Crippen LogP contribution < -0.4 is 20.7 Å². The maximum absolute atomic E-state index is 13.7. The van der Waals surface area contributed by atoms with E-state index in [9.17, 15) is 24.8 Å². The van der Waals surface area contributed by atoms with Crippen LogP contribution in [0.2, 0.25) is 0 Å². The summed E-state index contributed by atoms with van der Waals surface area (Å²) < 4.78 is 27.6. The number of hydrogen-bond acceptors (Lipinski definition) is 10. The van der Waals surface area contributed by atoms with Crippen molar-refractivity contribution in [1.82, 2.24) is 18.7 Å². The van der Waals surface area contributed by atoms with E-state index < -0.39 is 46.2 Å². The van der Waals surface area contributed by atoms with Crippen molar-refractivity contribution >= 4 is 5.95 Å². The van der Waals surface area contributed by atoms with Gasteiger partial charge in [0.05, 0.1) is 40.0 Å². The largest absolute Gasteiger partial charge is 0.497 e. The van der Waals surface area contributed by atoms with E-state index in [1.807, 2.05) is 78.9 Å². The van der Waals surface area contributed by atoms with Crippen molar-refractivity contribution in [3.63, 3.8) is 0 Å². The van der Waals surface area contributed by atoms with Gasteiger partial charge < -0.3 is 34.2 Å². The van der Waals surface area contributed by atoms with E-state index in [4.69, 9.17) is 18.9 Å². The minimum Gasteiger partial charge on any atom is -0.497 e. The molecule has 5 aromatic rings. The topological polar surface area (TPSA) is 162 Å². The summed E-state index contributed by atoms with van der Waals surface area (Å²) >= 11 is 0. The minimum atomic E-state index is -1.16. The van der Waals surface area contributed by atoms with Gasteiger partial charge in [0, 0.05) is 18.2 Å². The Balaban J connectivity index is 1.31. The van der Waals surface area contributed by atoms with Crippen molar-refractivity contribution < 1.29 is 29.0 Å². The van der Waals surface area contributed by atoms with Crippen LogP contribution in [-0.2, 0) is 28.2 Å². The molecule has 0 bridgehead atoms. The molecule has 3 aromatic carbocycles. The fraction of sp³-hybridized carbons (Fsp3) is 0.306. The second-order valence-corrected chi connectivity index (χ2v) is 11.9. The molecule has 14 nitrogen and oxygen atoms in total. The van der Waals surface area contributed by atoms with Crippen molar-refractivity contribution in [2.45, 2.75) is 50.5 Å². The van der Waals surface area contributed by atoms with Crippen molar-refractivity contribution in [2.75, 3.05) is 20.8 Å². The Bertz CT molecular complexity index is 2010. The molecular formula is C36H37N5O9. The fourth-order valence-electron chi connectivity index (χ4n) is 6.33. The van der Waals surface area contributed by atoms with E-state index in [-0.39, 0.29) is 31.7 Å². The second-order valence-electron chi connectivity index (χ2n) is 11.9. The molecule has 3 atom stereocenters. The highest BCUT2D eigenvalue weighted by atomic mass is 16.6. The van der Waals surface area contributed by atoms with Crippen molar-refractivity contribution in [2.24, 2.45) is 0 Å². The van der Waals surface area contributed by atoms with Gasteiger partial charge in [-0.05, 0) is 52.8 Å². The van der Waals surface area contributed by atoms with E-state index >= 15 is 0 Å². The number of rotatable bonds is 13. The number of aliphatic hydroxyl groups excluding tert-OH is 1. The Morgan fingerprint density at radius 1 is 0.940 bits per heavy atom. The summed E-state index contributed by atoms with van der Waals surface area (Å²) in [6.45, 7) is 1.33. The van der Waals surface area contributed by atoms with Crippen molar-refractivity contribution in [1.29, 1.82) is 0 Å². The lowest BCUT2D eigenvalue weighted by atomic mass is 9.80. The first-order valence-electron chi connectivity index (χ1n) is 16.0. The lowest BCUT2D eigenvalue weighted by Gasteiger charge is -2.37. The van der Waals surface area contributed by atoms with Gasteiger partial charge in [0.15, 0.2) is 0 Å². The van der Waals surface area contributed by atoms with Gasteiger partial charge in [-0.1, -0.05) is 59.6 Å². The zero-order chi connectivity index (χ0) is 35.4. The Morgan fingerprint density at radius 3 is 2.12 bits per heavy atom. The predicted molar refractivity (Wildman–Crippen MR) is 181 cm³/mol. The molecule has 1 N–H and O–H groups in total. The first-order valence-corrected chi connectivity index (χ1v) is 16.0. The standard InChI is InChI=1S/C36H37N5O9/c1-24-22-40(35(44)39(33(24)43)20-19-38-18-17-37-34(38)41(45)46)32-21-30(42)31(50-32)23-49-36(25-7-5-4-6-8-25,26-9-13-28(47-2)14-10-26)27-11-15-29(48-3)16-12-27/h4-18,22,30-32,42H,19-21,23H2,1-3H3/t30-,31+,32+/m0/s1. The number of nitro groups is 1. The summed E-state index contributed by atoms with van der Waals surface area (Å²) in [6.07, 6.45) is 1.38. The number of benzene rings is 3. The predicted octanol–water partition coefficient (Wildman–Crippen LogP) is 3.80. The normalized spacial score (nSPS) is 17.5. The van der Waals surface area contributed by atoms with Gasteiger partial charge in [-0.2, -0.15) is 0 Å². The van der Waals surface area contributed by atoms with E-state index in [1.54, 1.807) is 21.1 Å². The smallest absolute Gasteiger partial charge is 0.434 e. The Labute approximate surface area is 286 Å². The molecule has 1 saturated heterocycles. The summed E-state index contributed by atoms with van der Waals surface area (Å²) in [4.78, 5) is 41.1. The number of nitrogens with zero attached hydrogens (tertiary/aromatic N) is 5. The van der Waals surface area contributed by atoms with Gasteiger partial charge in [0.1, 0.15) is 41.8 Å². The number of methoxy groups -OCH3 is 2. The first kappa shape index (κ1) is 34.3. The first-order chi connectivity index (χ1) is 24.2. The minimum absolute atomic E-state index is 0.0299. The van der Waals surface area contributed by atoms with Gasteiger partial charge in [-0.15, -0.1) is 0 Å². The Kier molecular flexibility index (Phi) is 9.95. The number of aromatic nitrogens is 4. The van der Waals surface area contributed by atoms with Crippen LogP contribution in [0.5, 0.6) is 11.5 Å². The molecule has 0 amide bonds. The molecule has 3 heterocycles. The third kappa shape index (κ3) is 6.55. The lowest BCUT2D eigenvalue weighted by molar-refractivity contribution is -0.396. The van der Waals surface area contributed by atoms with E-state index in [2.05, 4.69) is 4.98 Å². The molecule has 260 valence electrons. The fourth-order valence-corrected chi connectivity index (χ4v) is 6.33. The van der Waals surface area contributed by atoms with Gasteiger partial charge in [-0.3, -0.25) is 13.9 Å². The van der Waals surface area contributed by atoms with Crippen LogP contribution in [0.15, 0.2) is 107 Å². The number of aliphatic hydroxyl groups is 1. The second kappa shape index (κ2) is 14.5. The molecule has 0 radical (unpaired) electrons. The Morgan fingerprint density at radius 2 is 1.54 bits per heavy atom. The Hall–Kier alpha value is -5.57. The van der Waals surface area contributed by atoms with Crippen LogP contribution in [0, 0.1) is 17.0 Å². The highest BCUT2D eigenvalue weighted by Crippen LogP contribution is 2.42. The monoisotopic (exact) mass is 683 g/mol. The van der Waals surface area contributed by atoms with Crippen LogP contribution in [0.4, 0.5) is 5.95 Å². The van der Waals surface area contributed by atoms with E-state index in [0.717, 1.165) is 21.3 Å². The molecule has 1 fully saturated rings. The van der Waals surface area contributed by atoms with Crippen LogP contribution in [0.25, 0.3) is 0 Å². The average Bonchev–Trinajstić information content (AvgIpc) is 3.77. The number of hydrogen-bond donors (Lipinski definition) is 1. The molecular weight excluding hydrogens is 646 g/mol. The summed E-state index contributed by atoms with van der Waals surface area (Å²) in [5, 5.41) is 22.6. The molecule has 1 aliphatic rings. The van der Waals surface area contributed by atoms with Gasteiger partial charge in [-0.25, -0.2) is 9.36 Å². The number of aryl methyl sites for hydroxylation is 2. The highest BCUT2D eigenvalue weighted by Gasteiger charge is 2.42. The van der Waals surface area contributed by atoms with Gasteiger partial charge in [0.25, 0.3) is 5.56 Å². The zero-order valence-corrected chi connectivity index (χ0v) is 27.7. The number of imidazole rings is 1. The molecule has 0 aliphatic carbocycles. The molecule has 50 heavy (non-hydrogen) atoms. The highest BCUT2D eigenvalue weighted by molar-refractivity contribution is 5.49. The molecule has 0 saturated carbocycles. The van der Waals surface area contributed by atoms with E-state index in [0.29, 0.717) is 11.5 Å². The van der Waals surface area contributed by atoms with Crippen LogP contribution in [0.1, 0.15) is 34.9 Å².